The van der Waals surface area contributed by atoms with Crippen molar-refractivity contribution in [2.24, 2.45) is 0 Å². The van der Waals surface area contributed by atoms with Gasteiger partial charge >= 0.3 is 4.87 Å². The van der Waals surface area contributed by atoms with Crippen LogP contribution in [0.4, 0.5) is 5.69 Å². The van der Waals surface area contributed by atoms with Crippen LogP contribution in [0.5, 0.6) is 0 Å². The second-order valence-electron chi connectivity index (χ2n) is 4.42. The van der Waals surface area contributed by atoms with E-state index in [9.17, 15) is 13.2 Å². The smallest absolute Gasteiger partial charge is 0.304 e. The maximum atomic E-state index is 12.4. The molecule has 2 aromatic rings. The van der Waals surface area contributed by atoms with Crippen LogP contribution < -0.4 is 14.9 Å². The predicted molar refractivity (Wildman–Crippen MR) is 84.2 cm³/mol. The third kappa shape index (κ3) is 4.16. The Bertz CT molecular complexity index is 750. The van der Waals surface area contributed by atoms with E-state index in [2.05, 4.69) is 15.0 Å². The number of nitrogens with one attached hydrogen (secondary N) is 3. The summed E-state index contributed by atoms with van der Waals surface area (Å²) < 4.78 is 27.2. The summed E-state index contributed by atoms with van der Waals surface area (Å²) >= 11 is 1.01. The van der Waals surface area contributed by atoms with Gasteiger partial charge in [-0.25, -0.2) is 13.1 Å². The number of hydrogen-bond acceptors (Lipinski definition) is 5. The average molecular weight is 327 g/mol. The van der Waals surface area contributed by atoms with E-state index in [-0.39, 0.29) is 16.3 Å². The van der Waals surface area contributed by atoms with E-state index in [0.717, 1.165) is 17.8 Å². The third-order valence-corrected chi connectivity index (χ3v) is 4.94. The molecular weight excluding hydrogens is 310 g/mol. The first-order chi connectivity index (χ1) is 10.0. The van der Waals surface area contributed by atoms with Crippen LogP contribution in [0, 0.1) is 0 Å². The molecule has 0 spiro atoms. The van der Waals surface area contributed by atoms with Crippen molar-refractivity contribution in [2.45, 2.75) is 24.8 Å². The Hall–Kier alpha value is -1.64. The Morgan fingerprint density at radius 3 is 2.71 bits per heavy atom. The van der Waals surface area contributed by atoms with Crippen molar-refractivity contribution in [3.8, 4) is 0 Å². The van der Waals surface area contributed by atoms with E-state index in [1.807, 2.05) is 6.92 Å². The second-order valence-corrected chi connectivity index (χ2v) is 7.00. The van der Waals surface area contributed by atoms with Crippen molar-refractivity contribution < 1.29 is 8.42 Å². The number of thiazole rings is 1. The van der Waals surface area contributed by atoms with Crippen LogP contribution >= 0.6 is 11.3 Å². The molecule has 114 valence electrons. The van der Waals surface area contributed by atoms with Crippen molar-refractivity contribution in [1.29, 1.82) is 0 Å². The van der Waals surface area contributed by atoms with E-state index in [4.69, 9.17) is 0 Å². The Morgan fingerprint density at radius 2 is 2.05 bits per heavy atom. The molecule has 0 fully saturated rings. The summed E-state index contributed by atoms with van der Waals surface area (Å²) in [5, 5.41) is 4.70. The first kappa shape index (κ1) is 15.7. The number of anilines is 1. The van der Waals surface area contributed by atoms with Crippen LogP contribution in [0.3, 0.4) is 0 Å². The van der Waals surface area contributed by atoms with Gasteiger partial charge in [0.15, 0.2) is 0 Å². The Kier molecular flexibility index (Phi) is 5.16. The molecule has 21 heavy (non-hydrogen) atoms. The molecule has 8 heteroatoms. The standard InChI is InChI=1S/C13H17N3O3S2/c1-2-7-14-11-5-3-4-6-12(11)21(18,19)15-8-10-9-20-13(17)16-10/h3-6,9,14-15H,2,7-8H2,1H3,(H,16,17). The number of rotatable bonds is 7. The number of hydrogen-bond donors (Lipinski definition) is 3. The highest BCUT2D eigenvalue weighted by Gasteiger charge is 2.17. The highest BCUT2D eigenvalue weighted by atomic mass is 32.2. The van der Waals surface area contributed by atoms with Gasteiger partial charge in [0.25, 0.3) is 0 Å². The summed E-state index contributed by atoms with van der Waals surface area (Å²) in [6.45, 7) is 2.77. The minimum atomic E-state index is -3.64. The minimum Gasteiger partial charge on any atom is -0.384 e. The van der Waals surface area contributed by atoms with Gasteiger partial charge in [0.05, 0.1) is 12.2 Å². The van der Waals surface area contributed by atoms with Gasteiger partial charge in [-0.2, -0.15) is 0 Å². The molecule has 0 radical (unpaired) electrons. The summed E-state index contributed by atoms with van der Waals surface area (Å²) in [5.41, 5.74) is 1.12. The molecule has 1 aromatic heterocycles. The van der Waals surface area contributed by atoms with Crippen molar-refractivity contribution in [2.75, 3.05) is 11.9 Å². The molecule has 0 unspecified atom stereocenters. The van der Waals surface area contributed by atoms with Gasteiger partial charge in [-0.05, 0) is 18.6 Å². The van der Waals surface area contributed by atoms with E-state index in [1.54, 1.807) is 29.6 Å². The first-order valence-electron chi connectivity index (χ1n) is 6.52. The fourth-order valence-corrected chi connectivity index (χ4v) is 3.53. The van der Waals surface area contributed by atoms with Crippen LogP contribution in [-0.2, 0) is 16.6 Å². The SMILES string of the molecule is CCCNc1ccccc1S(=O)(=O)NCc1csc(=O)[nH]1. The summed E-state index contributed by atoms with van der Waals surface area (Å²) in [6, 6.07) is 6.75. The molecule has 0 amide bonds. The first-order valence-corrected chi connectivity index (χ1v) is 8.88. The van der Waals surface area contributed by atoms with Gasteiger partial charge < -0.3 is 10.3 Å². The van der Waals surface area contributed by atoms with Crippen LogP contribution in [-0.4, -0.2) is 19.9 Å². The zero-order valence-electron chi connectivity index (χ0n) is 11.5. The highest BCUT2D eigenvalue weighted by Crippen LogP contribution is 2.20. The Balaban J connectivity index is 2.17. The molecule has 3 N–H and O–H groups in total. The Morgan fingerprint density at radius 1 is 1.29 bits per heavy atom. The highest BCUT2D eigenvalue weighted by molar-refractivity contribution is 7.89. The van der Waals surface area contributed by atoms with Crippen molar-refractivity contribution in [1.82, 2.24) is 9.71 Å². The van der Waals surface area contributed by atoms with Gasteiger partial charge in [-0.1, -0.05) is 30.4 Å². The molecule has 0 bridgehead atoms. The quantitative estimate of drug-likeness (QED) is 0.722. The molecule has 0 aliphatic heterocycles. The number of H-pyrrole nitrogens is 1. The molecule has 0 saturated heterocycles. The van der Waals surface area contributed by atoms with Crippen molar-refractivity contribution in [3.05, 3.63) is 45.0 Å². The maximum absolute atomic E-state index is 12.4. The Labute approximate surface area is 127 Å². The topological polar surface area (TPSA) is 91.1 Å². The van der Waals surface area contributed by atoms with E-state index >= 15 is 0 Å². The van der Waals surface area contributed by atoms with Gasteiger partial charge in [0, 0.05) is 17.6 Å². The molecular formula is C13H17N3O3S2. The normalized spacial score (nSPS) is 11.5. The van der Waals surface area contributed by atoms with Crippen molar-refractivity contribution in [3.63, 3.8) is 0 Å². The molecule has 1 heterocycles. The van der Waals surface area contributed by atoms with Gasteiger partial charge in [0.2, 0.25) is 10.0 Å². The minimum absolute atomic E-state index is 0.0587. The lowest BCUT2D eigenvalue weighted by Crippen LogP contribution is -2.24. The summed E-state index contributed by atoms with van der Waals surface area (Å²) in [5.74, 6) is 0. The molecule has 0 aliphatic carbocycles. The maximum Gasteiger partial charge on any atom is 0.304 e. The monoisotopic (exact) mass is 327 g/mol. The molecule has 1 aromatic carbocycles. The second kappa shape index (κ2) is 6.88. The predicted octanol–water partition coefficient (Wildman–Crippen LogP) is 1.74. The molecule has 0 saturated carbocycles. The number of sulfonamides is 1. The van der Waals surface area contributed by atoms with Crippen LogP contribution in [0.1, 0.15) is 19.0 Å². The zero-order valence-corrected chi connectivity index (χ0v) is 13.2. The molecule has 2 rings (SSSR count). The van der Waals surface area contributed by atoms with E-state index in [1.165, 1.54) is 0 Å². The number of para-hydroxylation sites is 1. The number of aromatic nitrogens is 1. The van der Waals surface area contributed by atoms with Crippen LogP contribution in [0.2, 0.25) is 0 Å². The summed E-state index contributed by atoms with van der Waals surface area (Å²) in [7, 11) is -3.64. The zero-order chi connectivity index (χ0) is 15.3. The number of benzene rings is 1. The summed E-state index contributed by atoms with van der Waals surface area (Å²) in [4.78, 5) is 13.6. The average Bonchev–Trinajstić information content (AvgIpc) is 2.89. The lowest BCUT2D eigenvalue weighted by atomic mass is 10.3. The fraction of sp³-hybridized carbons (Fsp3) is 0.308. The van der Waals surface area contributed by atoms with Gasteiger partial charge in [0.1, 0.15) is 4.90 Å². The van der Waals surface area contributed by atoms with E-state index in [0.29, 0.717) is 17.9 Å². The third-order valence-electron chi connectivity index (χ3n) is 2.77. The largest absolute Gasteiger partial charge is 0.384 e. The lowest BCUT2D eigenvalue weighted by Gasteiger charge is -2.12. The van der Waals surface area contributed by atoms with Crippen LogP contribution in [0.15, 0.2) is 39.3 Å². The molecule has 0 aliphatic rings. The molecule has 6 nitrogen and oxygen atoms in total. The number of aromatic amines is 1. The van der Waals surface area contributed by atoms with Gasteiger partial charge in [-0.15, -0.1) is 0 Å². The molecule has 0 atom stereocenters. The van der Waals surface area contributed by atoms with Crippen molar-refractivity contribution >= 4 is 27.0 Å². The van der Waals surface area contributed by atoms with Crippen LogP contribution in [0.25, 0.3) is 0 Å². The summed E-state index contributed by atoms with van der Waals surface area (Å²) in [6.07, 6.45) is 0.901. The lowest BCUT2D eigenvalue weighted by molar-refractivity contribution is 0.581. The van der Waals surface area contributed by atoms with E-state index < -0.39 is 10.0 Å². The fourth-order valence-electron chi connectivity index (χ4n) is 1.76. The van der Waals surface area contributed by atoms with Gasteiger partial charge in [-0.3, -0.25) is 4.79 Å².